The molecule has 0 radical (unpaired) electrons. The number of hydrogen-bond donors (Lipinski definition) is 1. The van der Waals surface area contributed by atoms with Crippen molar-refractivity contribution in [2.24, 2.45) is 0 Å². The molecule has 4 nitrogen and oxygen atoms in total. The zero-order valence-electron chi connectivity index (χ0n) is 11.3. The number of hydrogen-bond acceptors (Lipinski definition) is 4. The van der Waals surface area contributed by atoms with Crippen LogP contribution in [0, 0.1) is 6.92 Å². The van der Waals surface area contributed by atoms with Gasteiger partial charge in [-0.3, -0.25) is 0 Å². The molecule has 0 saturated heterocycles. The summed E-state index contributed by atoms with van der Waals surface area (Å²) in [7, 11) is -0.827. The Labute approximate surface area is 110 Å². The molecule has 0 aliphatic rings. The van der Waals surface area contributed by atoms with Crippen molar-refractivity contribution in [3.05, 3.63) is 29.8 Å². The van der Waals surface area contributed by atoms with E-state index in [9.17, 15) is 8.42 Å². The predicted octanol–water partition coefficient (Wildman–Crippen LogP) is 1.07. The van der Waals surface area contributed by atoms with Crippen molar-refractivity contribution in [3.63, 3.8) is 0 Å². The summed E-state index contributed by atoms with van der Waals surface area (Å²) in [5.41, 5.74) is 2.42. The van der Waals surface area contributed by atoms with Crippen molar-refractivity contribution in [1.82, 2.24) is 5.32 Å². The Morgan fingerprint density at radius 3 is 2.33 bits per heavy atom. The van der Waals surface area contributed by atoms with Crippen molar-refractivity contribution >= 4 is 15.5 Å². The maximum Gasteiger partial charge on any atom is 0.148 e. The fraction of sp³-hybridized carbons (Fsp3) is 0.538. The third-order valence-electron chi connectivity index (χ3n) is 2.75. The summed E-state index contributed by atoms with van der Waals surface area (Å²) in [6.07, 6.45) is 1.26. The lowest BCUT2D eigenvalue weighted by Crippen LogP contribution is -2.31. The van der Waals surface area contributed by atoms with Gasteiger partial charge in [0.05, 0.1) is 5.75 Å². The second-order valence-corrected chi connectivity index (χ2v) is 6.90. The van der Waals surface area contributed by atoms with Gasteiger partial charge in [0.25, 0.3) is 0 Å². The van der Waals surface area contributed by atoms with Crippen LogP contribution in [0.1, 0.15) is 5.56 Å². The first kappa shape index (κ1) is 15.0. The number of aryl methyl sites for hydroxylation is 1. The van der Waals surface area contributed by atoms with E-state index in [1.165, 1.54) is 17.5 Å². The van der Waals surface area contributed by atoms with Crippen LogP contribution in [-0.4, -0.2) is 47.1 Å². The van der Waals surface area contributed by atoms with Crippen molar-refractivity contribution in [1.29, 1.82) is 0 Å². The Hall–Kier alpha value is -1.07. The molecular formula is C13H22N2O2S. The fourth-order valence-electron chi connectivity index (χ4n) is 1.56. The minimum Gasteiger partial charge on any atom is -0.373 e. The minimum absolute atomic E-state index is 0.196. The van der Waals surface area contributed by atoms with Crippen molar-refractivity contribution in [3.8, 4) is 0 Å². The topological polar surface area (TPSA) is 49.4 Å². The Morgan fingerprint density at radius 2 is 1.78 bits per heavy atom. The highest BCUT2D eigenvalue weighted by atomic mass is 32.2. The van der Waals surface area contributed by atoms with Crippen molar-refractivity contribution in [2.75, 3.05) is 43.6 Å². The van der Waals surface area contributed by atoms with Crippen LogP contribution in [0.25, 0.3) is 0 Å². The molecule has 102 valence electrons. The number of anilines is 1. The van der Waals surface area contributed by atoms with E-state index in [2.05, 4.69) is 41.4 Å². The summed E-state index contributed by atoms with van der Waals surface area (Å²) < 4.78 is 21.9. The summed E-state index contributed by atoms with van der Waals surface area (Å²) in [5, 5.41) is 3.13. The lowest BCUT2D eigenvalue weighted by Gasteiger charge is -2.19. The van der Waals surface area contributed by atoms with Crippen LogP contribution in [0.3, 0.4) is 0 Å². The highest BCUT2D eigenvalue weighted by Gasteiger charge is 2.02. The number of nitrogens with one attached hydrogen (secondary N) is 1. The molecule has 0 heterocycles. The average Bonchev–Trinajstić information content (AvgIpc) is 2.27. The van der Waals surface area contributed by atoms with E-state index in [0.717, 1.165) is 13.1 Å². The van der Waals surface area contributed by atoms with E-state index in [1.807, 2.05) is 7.05 Å². The fourth-order valence-corrected chi connectivity index (χ4v) is 2.07. The Morgan fingerprint density at radius 1 is 1.17 bits per heavy atom. The monoisotopic (exact) mass is 270 g/mol. The summed E-state index contributed by atoms with van der Waals surface area (Å²) in [4.78, 5) is 2.15. The van der Waals surface area contributed by atoms with Gasteiger partial charge in [0.1, 0.15) is 9.84 Å². The first-order chi connectivity index (χ1) is 8.38. The Balaban J connectivity index is 2.25. The van der Waals surface area contributed by atoms with Gasteiger partial charge in [-0.1, -0.05) is 17.7 Å². The quantitative estimate of drug-likeness (QED) is 0.753. The molecule has 0 saturated carbocycles. The molecule has 0 unspecified atom stereocenters. The average molecular weight is 270 g/mol. The molecule has 18 heavy (non-hydrogen) atoms. The highest BCUT2D eigenvalue weighted by Crippen LogP contribution is 2.12. The Kier molecular flexibility index (Phi) is 5.62. The molecule has 0 atom stereocenters. The van der Waals surface area contributed by atoms with E-state index < -0.39 is 9.84 Å². The van der Waals surface area contributed by atoms with Crippen LogP contribution in [-0.2, 0) is 9.84 Å². The van der Waals surface area contributed by atoms with Crippen molar-refractivity contribution < 1.29 is 8.42 Å². The van der Waals surface area contributed by atoms with Gasteiger partial charge in [0.15, 0.2) is 0 Å². The van der Waals surface area contributed by atoms with Gasteiger partial charge in [-0.05, 0) is 19.1 Å². The van der Waals surface area contributed by atoms with Crippen LogP contribution in [0.15, 0.2) is 24.3 Å². The smallest absolute Gasteiger partial charge is 0.148 e. The predicted molar refractivity (Wildman–Crippen MR) is 77.0 cm³/mol. The van der Waals surface area contributed by atoms with Gasteiger partial charge in [0, 0.05) is 38.6 Å². The first-order valence-electron chi connectivity index (χ1n) is 6.05. The minimum atomic E-state index is -2.86. The number of rotatable bonds is 7. The molecule has 0 fully saturated rings. The van der Waals surface area contributed by atoms with Crippen molar-refractivity contribution in [2.45, 2.75) is 6.92 Å². The standard InChI is InChI=1S/C13H22N2O2S/c1-12-4-6-13(7-5-12)15(2)10-8-14-9-11-18(3,16)17/h4-7,14H,8-11H2,1-3H3. The molecular weight excluding hydrogens is 248 g/mol. The molecule has 0 aromatic heterocycles. The third kappa shape index (κ3) is 6.02. The summed E-state index contributed by atoms with van der Waals surface area (Å²) >= 11 is 0. The van der Waals surface area contributed by atoms with Gasteiger partial charge in [-0.15, -0.1) is 0 Å². The summed E-state index contributed by atoms with van der Waals surface area (Å²) in [6.45, 7) is 4.21. The van der Waals surface area contributed by atoms with E-state index >= 15 is 0 Å². The zero-order valence-corrected chi connectivity index (χ0v) is 12.1. The van der Waals surface area contributed by atoms with Gasteiger partial charge >= 0.3 is 0 Å². The van der Waals surface area contributed by atoms with Gasteiger partial charge in [0.2, 0.25) is 0 Å². The van der Waals surface area contributed by atoms with Gasteiger partial charge < -0.3 is 10.2 Å². The normalized spacial score (nSPS) is 11.5. The lowest BCUT2D eigenvalue weighted by atomic mass is 10.2. The number of likely N-dealkylation sites (N-methyl/N-ethyl adjacent to an activating group) is 1. The summed E-state index contributed by atoms with van der Waals surface area (Å²) in [5.74, 6) is 0.196. The van der Waals surface area contributed by atoms with E-state index in [0.29, 0.717) is 6.54 Å². The van der Waals surface area contributed by atoms with E-state index in [-0.39, 0.29) is 5.75 Å². The van der Waals surface area contributed by atoms with E-state index in [1.54, 1.807) is 0 Å². The second kappa shape index (κ2) is 6.75. The SMILES string of the molecule is Cc1ccc(N(C)CCNCCS(C)(=O)=O)cc1. The molecule has 1 N–H and O–H groups in total. The molecule has 1 rings (SSSR count). The summed E-state index contributed by atoms with van der Waals surface area (Å²) in [6, 6.07) is 8.35. The van der Waals surface area contributed by atoms with Gasteiger partial charge in [-0.25, -0.2) is 8.42 Å². The number of sulfone groups is 1. The molecule has 1 aromatic carbocycles. The lowest BCUT2D eigenvalue weighted by molar-refractivity contribution is 0.596. The second-order valence-electron chi connectivity index (χ2n) is 4.64. The van der Waals surface area contributed by atoms with Crippen LogP contribution in [0.2, 0.25) is 0 Å². The molecule has 0 bridgehead atoms. The molecule has 5 heteroatoms. The largest absolute Gasteiger partial charge is 0.373 e. The van der Waals surface area contributed by atoms with Crippen LogP contribution in [0.4, 0.5) is 5.69 Å². The van der Waals surface area contributed by atoms with Gasteiger partial charge in [-0.2, -0.15) is 0 Å². The van der Waals surface area contributed by atoms with Crippen LogP contribution >= 0.6 is 0 Å². The maximum atomic E-state index is 10.9. The number of nitrogens with zero attached hydrogens (tertiary/aromatic N) is 1. The first-order valence-corrected chi connectivity index (χ1v) is 8.11. The third-order valence-corrected chi connectivity index (χ3v) is 3.69. The van der Waals surface area contributed by atoms with Crippen LogP contribution < -0.4 is 10.2 Å². The molecule has 0 aliphatic carbocycles. The highest BCUT2D eigenvalue weighted by molar-refractivity contribution is 7.90. The maximum absolute atomic E-state index is 10.9. The molecule has 0 spiro atoms. The molecule has 0 aliphatic heterocycles. The number of benzene rings is 1. The molecule has 0 amide bonds. The molecule has 1 aromatic rings. The Bertz CT molecular complexity index is 454. The van der Waals surface area contributed by atoms with Crippen LogP contribution in [0.5, 0.6) is 0 Å². The van der Waals surface area contributed by atoms with E-state index in [4.69, 9.17) is 0 Å². The zero-order chi connectivity index (χ0) is 13.6.